The van der Waals surface area contributed by atoms with Gasteiger partial charge in [0.1, 0.15) is 0 Å². The molecule has 0 fully saturated rings. The van der Waals surface area contributed by atoms with Crippen molar-refractivity contribution in [3.8, 4) is 5.75 Å². The Labute approximate surface area is 103 Å². The Balaban J connectivity index is 2.11. The van der Waals surface area contributed by atoms with E-state index in [1.807, 2.05) is 0 Å². The fourth-order valence-electron chi connectivity index (χ4n) is 1.53. The summed E-state index contributed by atoms with van der Waals surface area (Å²) in [6, 6.07) is 4.55. The van der Waals surface area contributed by atoms with Crippen LogP contribution < -0.4 is 10.5 Å². The quantitative estimate of drug-likeness (QED) is 0.904. The minimum atomic E-state index is -0.381. The first-order chi connectivity index (χ1) is 8.20. The van der Waals surface area contributed by atoms with Crippen molar-refractivity contribution in [2.45, 2.75) is 12.5 Å². The number of rotatable bonds is 4. The fraction of sp³-hybridized carbons (Fsp3) is 0.273. The number of hydrogen-bond donors (Lipinski definition) is 1. The van der Waals surface area contributed by atoms with Crippen LogP contribution in [0.15, 0.2) is 24.4 Å². The van der Waals surface area contributed by atoms with Crippen molar-refractivity contribution in [3.05, 3.63) is 41.5 Å². The van der Waals surface area contributed by atoms with Crippen LogP contribution in [-0.4, -0.2) is 15.9 Å². The molecule has 0 spiro atoms. The van der Waals surface area contributed by atoms with Gasteiger partial charge in [-0.05, 0) is 24.1 Å². The molecule has 1 aromatic carbocycles. The monoisotopic (exact) mass is 253 g/mol. The molecule has 0 bridgehead atoms. The highest BCUT2D eigenvalue weighted by Gasteiger charge is 2.11. The van der Waals surface area contributed by atoms with Gasteiger partial charge in [0, 0.05) is 0 Å². The minimum Gasteiger partial charge on any atom is -0.494 e. The molecule has 90 valence electrons. The van der Waals surface area contributed by atoms with Crippen molar-refractivity contribution in [1.82, 2.24) is 8.75 Å². The highest BCUT2D eigenvalue weighted by atomic mass is 32.1. The van der Waals surface area contributed by atoms with Crippen LogP contribution in [0.2, 0.25) is 0 Å². The SMILES string of the molecule is COc1ccc(CC(N)c2cnsn2)cc1F. The van der Waals surface area contributed by atoms with Crippen LogP contribution in [0, 0.1) is 5.82 Å². The summed E-state index contributed by atoms with van der Waals surface area (Å²) in [4.78, 5) is 0. The first kappa shape index (κ1) is 11.9. The molecule has 1 aromatic heterocycles. The van der Waals surface area contributed by atoms with Gasteiger partial charge in [-0.15, -0.1) is 0 Å². The van der Waals surface area contributed by atoms with Crippen LogP contribution >= 0.6 is 11.7 Å². The highest BCUT2D eigenvalue weighted by Crippen LogP contribution is 2.21. The third-order valence-electron chi connectivity index (χ3n) is 2.43. The Morgan fingerprint density at radius 3 is 2.94 bits per heavy atom. The van der Waals surface area contributed by atoms with Gasteiger partial charge < -0.3 is 10.5 Å². The van der Waals surface area contributed by atoms with Gasteiger partial charge in [0.15, 0.2) is 11.6 Å². The van der Waals surface area contributed by atoms with E-state index in [-0.39, 0.29) is 17.6 Å². The van der Waals surface area contributed by atoms with Crippen LogP contribution in [0.4, 0.5) is 4.39 Å². The number of nitrogens with zero attached hydrogens (tertiary/aromatic N) is 2. The Hall–Kier alpha value is -1.53. The summed E-state index contributed by atoms with van der Waals surface area (Å²) in [5.74, 6) is -0.147. The molecule has 0 aliphatic carbocycles. The molecule has 6 heteroatoms. The van der Waals surface area contributed by atoms with Crippen molar-refractivity contribution in [2.24, 2.45) is 5.73 Å². The van der Waals surface area contributed by atoms with E-state index < -0.39 is 0 Å². The maximum absolute atomic E-state index is 13.5. The molecule has 2 rings (SSSR count). The lowest BCUT2D eigenvalue weighted by atomic mass is 10.0. The topological polar surface area (TPSA) is 61.0 Å². The van der Waals surface area contributed by atoms with Crippen molar-refractivity contribution >= 4 is 11.7 Å². The van der Waals surface area contributed by atoms with Crippen molar-refractivity contribution in [3.63, 3.8) is 0 Å². The zero-order chi connectivity index (χ0) is 12.3. The zero-order valence-electron chi connectivity index (χ0n) is 9.26. The van der Waals surface area contributed by atoms with Gasteiger partial charge in [0.2, 0.25) is 0 Å². The number of nitrogens with two attached hydrogens (primary N) is 1. The smallest absolute Gasteiger partial charge is 0.165 e. The van der Waals surface area contributed by atoms with Gasteiger partial charge in [0.25, 0.3) is 0 Å². The average molecular weight is 253 g/mol. The molecule has 0 radical (unpaired) electrons. The third-order valence-corrected chi connectivity index (χ3v) is 2.92. The number of aromatic nitrogens is 2. The van der Waals surface area contributed by atoms with Crippen molar-refractivity contribution in [2.75, 3.05) is 7.11 Å². The summed E-state index contributed by atoms with van der Waals surface area (Å²) < 4.78 is 26.2. The van der Waals surface area contributed by atoms with Gasteiger partial charge in [-0.2, -0.15) is 8.75 Å². The van der Waals surface area contributed by atoms with E-state index in [0.29, 0.717) is 6.42 Å². The van der Waals surface area contributed by atoms with Crippen LogP contribution in [0.1, 0.15) is 17.3 Å². The Morgan fingerprint density at radius 2 is 2.35 bits per heavy atom. The van der Waals surface area contributed by atoms with Gasteiger partial charge in [-0.25, -0.2) is 4.39 Å². The number of ether oxygens (including phenoxy) is 1. The number of halogens is 1. The number of methoxy groups -OCH3 is 1. The van der Waals surface area contributed by atoms with E-state index in [0.717, 1.165) is 23.0 Å². The molecule has 1 unspecified atom stereocenters. The van der Waals surface area contributed by atoms with E-state index in [2.05, 4.69) is 8.75 Å². The Bertz CT molecular complexity index is 489. The fourth-order valence-corrected chi connectivity index (χ4v) is 2.01. The summed E-state index contributed by atoms with van der Waals surface area (Å²) in [6.07, 6.45) is 2.15. The second-order valence-corrected chi connectivity index (χ2v) is 4.17. The maximum Gasteiger partial charge on any atom is 0.165 e. The predicted molar refractivity (Wildman–Crippen MR) is 63.5 cm³/mol. The summed E-state index contributed by atoms with van der Waals surface area (Å²) in [6.45, 7) is 0. The van der Waals surface area contributed by atoms with Crippen LogP contribution in [0.3, 0.4) is 0 Å². The van der Waals surface area contributed by atoms with Gasteiger partial charge in [-0.3, -0.25) is 0 Å². The minimum absolute atomic E-state index is 0.234. The highest BCUT2D eigenvalue weighted by molar-refractivity contribution is 6.99. The van der Waals surface area contributed by atoms with Gasteiger partial charge in [-0.1, -0.05) is 6.07 Å². The molecule has 17 heavy (non-hydrogen) atoms. The van der Waals surface area contributed by atoms with Gasteiger partial charge in [0.05, 0.1) is 36.8 Å². The second kappa shape index (κ2) is 5.20. The molecule has 0 amide bonds. The summed E-state index contributed by atoms with van der Waals surface area (Å²) in [7, 11) is 1.44. The van der Waals surface area contributed by atoms with E-state index in [1.54, 1.807) is 18.3 Å². The third kappa shape index (κ3) is 2.78. The molecule has 1 atom stereocenters. The van der Waals surface area contributed by atoms with Crippen molar-refractivity contribution in [1.29, 1.82) is 0 Å². The van der Waals surface area contributed by atoms with Crippen LogP contribution in [0.25, 0.3) is 0 Å². The molecular weight excluding hydrogens is 241 g/mol. The second-order valence-electron chi connectivity index (χ2n) is 3.61. The van der Waals surface area contributed by atoms with Crippen LogP contribution in [-0.2, 0) is 6.42 Å². The molecule has 1 heterocycles. The first-order valence-corrected chi connectivity index (χ1v) is 5.79. The van der Waals surface area contributed by atoms with E-state index >= 15 is 0 Å². The zero-order valence-corrected chi connectivity index (χ0v) is 10.1. The van der Waals surface area contributed by atoms with E-state index in [1.165, 1.54) is 13.2 Å². The Morgan fingerprint density at radius 1 is 1.53 bits per heavy atom. The standard InChI is InChI=1S/C11H12FN3OS/c1-16-11-3-2-7(4-8(11)12)5-9(13)10-6-14-17-15-10/h2-4,6,9H,5,13H2,1H3. The molecule has 2 aromatic rings. The van der Waals surface area contributed by atoms with Gasteiger partial charge >= 0.3 is 0 Å². The first-order valence-electron chi connectivity index (χ1n) is 5.06. The number of benzene rings is 1. The molecule has 0 aliphatic rings. The van der Waals surface area contributed by atoms with E-state index in [4.69, 9.17) is 10.5 Å². The molecule has 0 saturated heterocycles. The lowest BCUT2D eigenvalue weighted by Gasteiger charge is -2.09. The normalized spacial score (nSPS) is 12.4. The largest absolute Gasteiger partial charge is 0.494 e. The number of hydrogen-bond acceptors (Lipinski definition) is 5. The molecule has 2 N–H and O–H groups in total. The summed E-state index contributed by atoms with van der Waals surface area (Å²) in [5, 5.41) is 0. The lowest BCUT2D eigenvalue weighted by molar-refractivity contribution is 0.386. The van der Waals surface area contributed by atoms with Crippen molar-refractivity contribution < 1.29 is 9.13 Å². The molecule has 4 nitrogen and oxygen atoms in total. The Kier molecular flexibility index (Phi) is 3.65. The summed E-state index contributed by atoms with van der Waals surface area (Å²) in [5.41, 5.74) is 7.48. The maximum atomic E-state index is 13.5. The lowest BCUT2D eigenvalue weighted by Crippen LogP contribution is -2.13. The van der Waals surface area contributed by atoms with Crippen LogP contribution in [0.5, 0.6) is 5.75 Å². The summed E-state index contributed by atoms with van der Waals surface area (Å²) >= 11 is 1.11. The molecule has 0 aliphatic heterocycles. The molecular formula is C11H12FN3OS. The average Bonchev–Trinajstić information content (AvgIpc) is 2.82. The predicted octanol–water partition coefficient (Wildman–Crippen LogP) is 1.93. The molecule has 0 saturated carbocycles. The van der Waals surface area contributed by atoms with E-state index in [9.17, 15) is 4.39 Å².